The molecule has 0 saturated carbocycles. The van der Waals surface area contributed by atoms with Crippen molar-refractivity contribution in [2.75, 3.05) is 7.11 Å². The lowest BCUT2D eigenvalue weighted by molar-refractivity contribution is -0.145. The first kappa shape index (κ1) is 24.7. The van der Waals surface area contributed by atoms with E-state index in [0.717, 1.165) is 34.7 Å². The van der Waals surface area contributed by atoms with Crippen molar-refractivity contribution in [3.63, 3.8) is 0 Å². The monoisotopic (exact) mass is 470 g/mol. The normalized spacial score (nSPS) is 13.5. The van der Waals surface area contributed by atoms with Crippen molar-refractivity contribution in [2.45, 2.75) is 44.2 Å². The van der Waals surface area contributed by atoms with Crippen LogP contribution >= 0.6 is 0 Å². The summed E-state index contributed by atoms with van der Waals surface area (Å²) in [5, 5.41) is 12.1. The Hall–Kier alpha value is -2.94. The summed E-state index contributed by atoms with van der Waals surface area (Å²) in [5.41, 5.74) is 4.34. The average Bonchev–Trinajstić information content (AvgIpc) is 3.12. The zero-order valence-electron chi connectivity index (χ0n) is 19.5. The van der Waals surface area contributed by atoms with Crippen molar-refractivity contribution in [1.82, 2.24) is 9.29 Å². The van der Waals surface area contributed by atoms with Crippen LogP contribution in [0.2, 0.25) is 0 Å². The maximum atomic E-state index is 13.0. The van der Waals surface area contributed by atoms with Crippen LogP contribution in [0.1, 0.15) is 36.6 Å². The number of aliphatic hydroxyl groups excluding tert-OH is 1. The minimum atomic E-state index is -4.09. The van der Waals surface area contributed by atoms with Gasteiger partial charge in [-0.05, 0) is 51.0 Å². The number of benzene rings is 2. The van der Waals surface area contributed by atoms with Gasteiger partial charge in [0.25, 0.3) is 0 Å². The van der Waals surface area contributed by atoms with E-state index >= 15 is 0 Å². The summed E-state index contributed by atoms with van der Waals surface area (Å²) < 4.78 is 35.0. The van der Waals surface area contributed by atoms with Gasteiger partial charge in [-0.15, -0.1) is 0 Å². The van der Waals surface area contributed by atoms with Crippen molar-refractivity contribution in [2.24, 2.45) is 7.05 Å². The van der Waals surface area contributed by atoms with E-state index in [9.17, 15) is 18.3 Å². The first-order chi connectivity index (χ1) is 15.5. The quantitative estimate of drug-likeness (QED) is 0.388. The molecule has 33 heavy (non-hydrogen) atoms. The van der Waals surface area contributed by atoms with E-state index in [1.54, 1.807) is 18.3 Å². The Bertz CT molecular complexity index is 1290. The minimum absolute atomic E-state index is 0.00336. The van der Waals surface area contributed by atoms with Gasteiger partial charge in [0.15, 0.2) is 0 Å². The Labute approximate surface area is 194 Å². The molecule has 3 rings (SSSR count). The maximum Gasteiger partial charge on any atom is 0.326 e. The van der Waals surface area contributed by atoms with Crippen LogP contribution in [-0.2, 0) is 33.0 Å². The molecule has 3 aromatic rings. The molecule has 0 aliphatic rings. The van der Waals surface area contributed by atoms with Crippen LogP contribution in [0.15, 0.2) is 65.2 Å². The van der Waals surface area contributed by atoms with Gasteiger partial charge in [-0.2, -0.15) is 4.72 Å². The summed E-state index contributed by atoms with van der Waals surface area (Å²) in [6.07, 6.45) is 2.98. The Morgan fingerprint density at radius 2 is 1.85 bits per heavy atom. The van der Waals surface area contributed by atoms with E-state index in [-0.39, 0.29) is 4.90 Å². The zero-order chi connectivity index (χ0) is 24.3. The fourth-order valence-corrected chi connectivity index (χ4v) is 4.96. The van der Waals surface area contributed by atoms with Gasteiger partial charge in [0.05, 0.1) is 12.0 Å². The fraction of sp³-hybridized carbons (Fsp3) is 0.320. The number of esters is 1. The van der Waals surface area contributed by atoms with Crippen molar-refractivity contribution in [1.29, 1.82) is 0 Å². The SMILES string of the molecule is COC(=O)C(NS(=O)(=O)c1ccc(C)cc1)C(O)c1cn(C)c2cccc(CC=C(C)C)c12. The van der Waals surface area contributed by atoms with Crippen LogP contribution in [0.3, 0.4) is 0 Å². The van der Waals surface area contributed by atoms with E-state index in [4.69, 9.17) is 4.74 Å². The fourth-order valence-electron chi connectivity index (χ4n) is 3.77. The number of nitrogens with zero attached hydrogens (tertiary/aromatic N) is 1. The van der Waals surface area contributed by atoms with Crippen LogP contribution in [-0.4, -0.2) is 37.2 Å². The summed E-state index contributed by atoms with van der Waals surface area (Å²) in [7, 11) is -1.09. The molecular formula is C25H30N2O5S. The summed E-state index contributed by atoms with van der Waals surface area (Å²) in [6.45, 7) is 5.86. The smallest absolute Gasteiger partial charge is 0.326 e. The molecular weight excluding hydrogens is 440 g/mol. The number of aryl methyl sites for hydroxylation is 2. The highest BCUT2D eigenvalue weighted by molar-refractivity contribution is 7.89. The number of hydrogen-bond donors (Lipinski definition) is 2. The van der Waals surface area contributed by atoms with Crippen LogP contribution in [0.4, 0.5) is 0 Å². The second-order valence-electron chi connectivity index (χ2n) is 8.37. The maximum absolute atomic E-state index is 13.0. The summed E-state index contributed by atoms with van der Waals surface area (Å²) in [6, 6.07) is 10.5. The molecule has 0 bridgehead atoms. The van der Waals surface area contributed by atoms with Crippen molar-refractivity contribution in [3.8, 4) is 0 Å². The van der Waals surface area contributed by atoms with Gasteiger partial charge >= 0.3 is 5.97 Å². The van der Waals surface area contributed by atoms with Crippen molar-refractivity contribution in [3.05, 3.63) is 77.0 Å². The molecule has 2 N–H and O–H groups in total. The number of carbonyl (C=O) groups excluding carboxylic acids is 1. The number of methoxy groups -OCH3 is 1. The molecule has 0 aliphatic carbocycles. The summed E-state index contributed by atoms with van der Waals surface area (Å²) in [4.78, 5) is 12.6. The molecule has 0 saturated heterocycles. The number of ether oxygens (including phenoxy) is 1. The molecule has 2 unspecified atom stereocenters. The van der Waals surface area contributed by atoms with Gasteiger partial charge in [-0.3, -0.25) is 4.79 Å². The molecule has 176 valence electrons. The van der Waals surface area contributed by atoms with Crippen molar-refractivity contribution < 1.29 is 23.1 Å². The van der Waals surface area contributed by atoms with E-state index in [1.165, 1.54) is 12.1 Å². The molecule has 1 heterocycles. The molecule has 7 nitrogen and oxygen atoms in total. The number of rotatable bonds is 8. The number of nitrogens with one attached hydrogen (secondary N) is 1. The summed E-state index contributed by atoms with van der Waals surface area (Å²) in [5.74, 6) is -0.878. The van der Waals surface area contributed by atoms with Gasteiger partial charge in [-0.25, -0.2) is 8.42 Å². The zero-order valence-corrected chi connectivity index (χ0v) is 20.3. The van der Waals surface area contributed by atoms with E-state index in [2.05, 4.69) is 10.8 Å². The van der Waals surface area contributed by atoms with Crippen LogP contribution in [0.25, 0.3) is 10.9 Å². The molecule has 0 radical (unpaired) electrons. The largest absolute Gasteiger partial charge is 0.468 e. The lowest BCUT2D eigenvalue weighted by atomic mass is 9.97. The Balaban J connectivity index is 2.07. The Morgan fingerprint density at radius 1 is 1.18 bits per heavy atom. The molecule has 0 amide bonds. The third-order valence-corrected chi connectivity index (χ3v) is 7.02. The number of hydrogen-bond acceptors (Lipinski definition) is 5. The summed E-state index contributed by atoms with van der Waals surface area (Å²) >= 11 is 0. The van der Waals surface area contributed by atoms with Gasteiger partial charge in [0.1, 0.15) is 12.1 Å². The molecule has 0 fully saturated rings. The molecule has 2 atom stereocenters. The highest BCUT2D eigenvalue weighted by Gasteiger charge is 2.35. The number of fused-ring (bicyclic) bond motifs is 1. The molecule has 0 aliphatic heterocycles. The van der Waals surface area contributed by atoms with Gasteiger partial charge in [-0.1, -0.05) is 41.5 Å². The van der Waals surface area contributed by atoms with Crippen LogP contribution in [0.5, 0.6) is 0 Å². The first-order valence-corrected chi connectivity index (χ1v) is 12.1. The molecule has 1 aromatic heterocycles. The first-order valence-electron chi connectivity index (χ1n) is 10.6. The number of carbonyl (C=O) groups is 1. The second kappa shape index (κ2) is 9.91. The predicted molar refractivity (Wildman–Crippen MR) is 128 cm³/mol. The molecule has 0 spiro atoms. The second-order valence-corrected chi connectivity index (χ2v) is 10.1. The number of allylic oxidation sites excluding steroid dienone is 2. The van der Waals surface area contributed by atoms with Gasteiger partial charge in [0.2, 0.25) is 10.0 Å². The van der Waals surface area contributed by atoms with Crippen molar-refractivity contribution >= 4 is 26.9 Å². The molecule has 2 aromatic carbocycles. The van der Waals surface area contributed by atoms with E-state index < -0.39 is 28.1 Å². The van der Waals surface area contributed by atoms with Crippen LogP contribution < -0.4 is 4.72 Å². The standard InChI is InChI=1S/C25H30N2O5S/c1-16(2)9-12-18-7-6-8-21-22(18)20(15-27(21)4)24(28)23(25(29)32-5)26-33(30,31)19-13-10-17(3)11-14-19/h6-11,13-15,23-24,26,28H,12H2,1-5H3. The number of aromatic nitrogens is 1. The predicted octanol–water partition coefficient (Wildman–Crippen LogP) is 3.55. The average molecular weight is 471 g/mol. The Kier molecular flexibility index (Phi) is 7.41. The number of sulfonamides is 1. The highest BCUT2D eigenvalue weighted by Crippen LogP contribution is 2.32. The minimum Gasteiger partial charge on any atom is -0.468 e. The van der Waals surface area contributed by atoms with E-state index in [1.807, 2.05) is 50.6 Å². The molecule has 8 heteroatoms. The van der Waals surface area contributed by atoms with Gasteiger partial charge in [0, 0.05) is 29.7 Å². The van der Waals surface area contributed by atoms with Crippen LogP contribution in [0, 0.1) is 6.92 Å². The topological polar surface area (TPSA) is 97.6 Å². The lowest BCUT2D eigenvalue weighted by Crippen LogP contribution is -2.45. The third kappa shape index (κ3) is 5.35. The highest BCUT2D eigenvalue weighted by atomic mass is 32.2. The van der Waals surface area contributed by atoms with Gasteiger partial charge < -0.3 is 14.4 Å². The van der Waals surface area contributed by atoms with E-state index in [0.29, 0.717) is 12.0 Å². The third-order valence-electron chi connectivity index (χ3n) is 5.56. The Morgan fingerprint density at radius 3 is 2.45 bits per heavy atom. The number of aliphatic hydroxyl groups is 1. The lowest BCUT2D eigenvalue weighted by Gasteiger charge is -2.22.